The van der Waals surface area contributed by atoms with Crippen molar-refractivity contribution in [3.8, 4) is 0 Å². The molecule has 0 aliphatic rings. The van der Waals surface area contributed by atoms with E-state index < -0.39 is 23.6 Å². The molecule has 0 aromatic carbocycles. The predicted octanol–water partition coefficient (Wildman–Crippen LogP) is 5.12. The summed E-state index contributed by atoms with van der Waals surface area (Å²) in [4.78, 5) is 36.8. The maximum atomic E-state index is 12.7. The number of nitrogens with zero attached hydrogens (tertiary/aromatic N) is 6. The van der Waals surface area contributed by atoms with Crippen LogP contribution in [0.15, 0.2) is 95.4 Å². The van der Waals surface area contributed by atoms with Gasteiger partial charge in [-0.25, -0.2) is 9.97 Å². The van der Waals surface area contributed by atoms with Gasteiger partial charge < -0.3 is 9.13 Å². The number of halogens is 7. The number of pyridine rings is 4. The first-order chi connectivity index (χ1) is 19.4. The molecule has 0 N–H and O–H groups in total. The fourth-order valence-electron chi connectivity index (χ4n) is 3.13. The molecule has 0 saturated heterocycles. The van der Waals surface area contributed by atoms with Crippen LogP contribution in [-0.4, -0.2) is 42.7 Å². The van der Waals surface area contributed by atoms with Gasteiger partial charge in [0.25, 0.3) is 0 Å². The Balaban J connectivity index is 0.000000226. The summed E-state index contributed by atoms with van der Waals surface area (Å²) in [6, 6.07) is 16.2. The molecular weight excluding hydrogens is 611 g/mol. The van der Waals surface area contributed by atoms with Crippen LogP contribution in [0.4, 0.5) is 17.6 Å². The number of aromatic nitrogens is 4. The summed E-state index contributed by atoms with van der Waals surface area (Å²) in [7, 11) is 0. The topological polar surface area (TPSA) is 94.5 Å². The maximum absolute atomic E-state index is 12.7. The second kappa shape index (κ2) is 14.7. The average molecular weight is 630 g/mol. The van der Waals surface area contributed by atoms with Crippen molar-refractivity contribution in [3.63, 3.8) is 0 Å². The Kier molecular flexibility index (Phi) is 11.3. The molecule has 4 aromatic rings. The molecule has 41 heavy (non-hydrogen) atoms. The molecule has 0 bridgehead atoms. The molecule has 0 spiro atoms. The zero-order valence-electron chi connectivity index (χ0n) is 20.7. The van der Waals surface area contributed by atoms with E-state index in [9.17, 15) is 27.2 Å². The molecule has 0 fully saturated rings. The van der Waals surface area contributed by atoms with E-state index in [4.69, 9.17) is 23.2 Å². The average Bonchev–Trinajstić information content (AvgIpc) is 2.93. The Morgan fingerprint density at radius 3 is 1.63 bits per heavy atom. The van der Waals surface area contributed by atoms with Gasteiger partial charge in [-0.05, 0) is 59.1 Å². The summed E-state index contributed by atoms with van der Waals surface area (Å²) >= 11 is 16.0. The van der Waals surface area contributed by atoms with Crippen molar-refractivity contribution >= 4 is 46.6 Å². The molecule has 0 unspecified atom stereocenters. The lowest BCUT2D eigenvalue weighted by Crippen LogP contribution is -2.27. The minimum Gasteiger partial charge on any atom is -0.328 e. The van der Waals surface area contributed by atoms with Gasteiger partial charge in [0.2, 0.25) is 0 Å². The van der Waals surface area contributed by atoms with Gasteiger partial charge >= 0.3 is 23.6 Å². The number of carbonyl (C=O) groups is 2. The van der Waals surface area contributed by atoms with E-state index in [0.717, 1.165) is 11.1 Å². The molecule has 0 radical (unpaired) electrons. The largest absolute Gasteiger partial charge is 0.402 e. The Labute approximate surface area is 245 Å². The summed E-state index contributed by atoms with van der Waals surface area (Å²) in [5, 5.41) is -3.31. The molecule has 15 heteroatoms. The highest BCUT2D eigenvalue weighted by Crippen LogP contribution is 2.19. The fraction of sp³-hybridized carbons (Fsp3) is 0.154. The van der Waals surface area contributed by atoms with Crippen molar-refractivity contribution in [2.45, 2.75) is 24.9 Å². The summed E-state index contributed by atoms with van der Waals surface area (Å²) in [5.41, 5.74) is 1.81. The Morgan fingerprint density at radius 2 is 1.24 bits per heavy atom. The number of alkyl halides is 5. The van der Waals surface area contributed by atoms with Crippen LogP contribution in [0.25, 0.3) is 0 Å². The van der Waals surface area contributed by atoms with E-state index in [1.807, 2.05) is 0 Å². The zero-order valence-corrected chi connectivity index (χ0v) is 23.0. The smallest absolute Gasteiger partial charge is 0.328 e. The van der Waals surface area contributed by atoms with Crippen molar-refractivity contribution in [1.82, 2.24) is 19.1 Å². The van der Waals surface area contributed by atoms with Crippen LogP contribution in [0.2, 0.25) is 10.3 Å². The van der Waals surface area contributed by atoms with Crippen molar-refractivity contribution < 1.29 is 27.2 Å². The van der Waals surface area contributed by atoms with Crippen molar-refractivity contribution in [1.29, 1.82) is 0 Å². The quantitative estimate of drug-likeness (QED) is 0.168. The number of amides is 2. The summed E-state index contributed by atoms with van der Waals surface area (Å²) < 4.78 is 53.0. The van der Waals surface area contributed by atoms with Gasteiger partial charge in [-0.1, -0.05) is 47.5 Å². The third kappa shape index (κ3) is 10.2. The van der Waals surface area contributed by atoms with Crippen molar-refractivity contribution in [3.05, 3.63) is 118 Å². The minimum absolute atomic E-state index is 0.0674. The SMILES string of the molecule is O=C(N=c1ccccn1Cc1ccc(Cl)nc1)C(F)(F)Cl.O=C(N=c1ccccn1Cc1ccc(Cl)nc1)C(F)F. The molecule has 0 aliphatic carbocycles. The highest BCUT2D eigenvalue weighted by Gasteiger charge is 2.35. The third-order valence-electron chi connectivity index (χ3n) is 4.99. The molecule has 4 aromatic heterocycles. The molecule has 2 amide bonds. The van der Waals surface area contributed by atoms with Gasteiger partial charge in [0.15, 0.2) is 0 Å². The highest BCUT2D eigenvalue weighted by molar-refractivity contribution is 6.32. The van der Waals surface area contributed by atoms with E-state index in [-0.39, 0.29) is 11.0 Å². The van der Waals surface area contributed by atoms with Crippen LogP contribution < -0.4 is 11.0 Å². The number of carbonyl (C=O) groups excluding carboxylic acids is 2. The Morgan fingerprint density at radius 1 is 0.780 bits per heavy atom. The second-order valence-corrected chi connectivity index (χ2v) is 9.27. The number of hydrogen-bond donors (Lipinski definition) is 0. The molecule has 0 atom stereocenters. The Hall–Kier alpha value is -3.87. The van der Waals surface area contributed by atoms with Gasteiger partial charge in [0.1, 0.15) is 21.3 Å². The lowest BCUT2D eigenvalue weighted by atomic mass is 10.3. The number of hydrogen-bond acceptors (Lipinski definition) is 4. The number of rotatable bonds is 6. The second-order valence-electron chi connectivity index (χ2n) is 8.02. The lowest BCUT2D eigenvalue weighted by Gasteiger charge is -2.08. The van der Waals surface area contributed by atoms with E-state index >= 15 is 0 Å². The predicted molar refractivity (Wildman–Crippen MR) is 144 cm³/mol. The first-order valence-corrected chi connectivity index (χ1v) is 12.6. The van der Waals surface area contributed by atoms with E-state index in [0.29, 0.717) is 23.4 Å². The van der Waals surface area contributed by atoms with Gasteiger partial charge in [-0.3, -0.25) is 9.59 Å². The molecule has 0 aliphatic heterocycles. The first kappa shape index (κ1) is 31.7. The zero-order chi connectivity index (χ0) is 30.0. The molecular formula is C26H19Cl3F4N6O2. The van der Waals surface area contributed by atoms with E-state index in [1.54, 1.807) is 77.9 Å². The van der Waals surface area contributed by atoms with Crippen LogP contribution >= 0.6 is 34.8 Å². The van der Waals surface area contributed by atoms with Crippen molar-refractivity contribution in [2.24, 2.45) is 9.98 Å². The summed E-state index contributed by atoms with van der Waals surface area (Å²) in [6.07, 6.45) is 3.26. The highest BCUT2D eigenvalue weighted by atomic mass is 35.5. The maximum Gasteiger partial charge on any atom is 0.402 e. The van der Waals surface area contributed by atoms with E-state index in [1.165, 1.54) is 16.7 Å². The van der Waals surface area contributed by atoms with Gasteiger partial charge in [0.05, 0.1) is 13.1 Å². The van der Waals surface area contributed by atoms with Crippen LogP contribution in [0.3, 0.4) is 0 Å². The minimum atomic E-state index is -4.02. The van der Waals surface area contributed by atoms with E-state index in [2.05, 4.69) is 31.6 Å². The third-order valence-corrected chi connectivity index (χ3v) is 5.60. The summed E-state index contributed by atoms with van der Waals surface area (Å²) in [5.74, 6) is -3.17. The molecule has 4 rings (SSSR count). The fourth-order valence-corrected chi connectivity index (χ4v) is 3.39. The first-order valence-electron chi connectivity index (χ1n) is 11.5. The molecule has 4 heterocycles. The van der Waals surface area contributed by atoms with Gasteiger partial charge in [-0.2, -0.15) is 27.5 Å². The van der Waals surface area contributed by atoms with Gasteiger partial charge in [-0.15, -0.1) is 0 Å². The van der Waals surface area contributed by atoms with Crippen LogP contribution in [0.1, 0.15) is 11.1 Å². The monoisotopic (exact) mass is 628 g/mol. The lowest BCUT2D eigenvalue weighted by molar-refractivity contribution is -0.132. The molecule has 0 saturated carbocycles. The standard InChI is InChI=1S/C13H9Cl2F2N3O.C13H10ClF2N3O/c14-10-5-4-9(7-18-10)8-20-6-2-1-3-11(20)19-12(21)13(15,16)17;14-10-5-4-9(7-17-10)8-19-6-2-1-3-11(19)18-13(20)12(15)16/h1-7H,8H2;1-7,12H,8H2. The van der Waals surface area contributed by atoms with Gasteiger partial charge in [0, 0.05) is 24.8 Å². The summed E-state index contributed by atoms with van der Waals surface area (Å²) in [6.45, 7) is 0.644. The van der Waals surface area contributed by atoms with Crippen LogP contribution in [0, 0.1) is 0 Å². The van der Waals surface area contributed by atoms with Crippen molar-refractivity contribution in [2.75, 3.05) is 0 Å². The molecule has 214 valence electrons. The van der Waals surface area contributed by atoms with Crippen LogP contribution in [0.5, 0.6) is 0 Å². The normalized spacial score (nSPS) is 12.2. The Bertz CT molecular complexity index is 1620. The molecule has 8 nitrogen and oxygen atoms in total. The van der Waals surface area contributed by atoms with Crippen LogP contribution in [-0.2, 0) is 22.7 Å².